The summed E-state index contributed by atoms with van der Waals surface area (Å²) in [5.41, 5.74) is 3.33. The number of nitrogens with one attached hydrogen (secondary N) is 2. The van der Waals surface area contributed by atoms with Crippen LogP contribution in [0.25, 0.3) is 10.8 Å². The van der Waals surface area contributed by atoms with Crippen LogP contribution in [0.4, 0.5) is 10.5 Å². The lowest BCUT2D eigenvalue weighted by Gasteiger charge is -2.35. The SMILES string of the molecule is Cc1cccc(N2CCN(S(=O)(=O)CCNC(=O)NCc3cccc4ccccc34)CC2)c1. The molecule has 7 nitrogen and oxygen atoms in total. The summed E-state index contributed by atoms with van der Waals surface area (Å²) in [6.07, 6.45) is 0. The number of carbonyl (C=O) groups is 1. The predicted molar refractivity (Wildman–Crippen MR) is 133 cm³/mol. The zero-order valence-electron chi connectivity index (χ0n) is 18.8. The summed E-state index contributed by atoms with van der Waals surface area (Å²) in [5, 5.41) is 7.70. The Kier molecular flexibility index (Phi) is 7.15. The predicted octanol–water partition coefficient (Wildman–Crippen LogP) is 3.10. The van der Waals surface area contributed by atoms with Gasteiger partial charge in [0.25, 0.3) is 0 Å². The lowest BCUT2D eigenvalue weighted by atomic mass is 10.0. The largest absolute Gasteiger partial charge is 0.369 e. The zero-order valence-corrected chi connectivity index (χ0v) is 19.6. The molecule has 0 unspecified atom stereocenters. The average molecular weight is 467 g/mol. The number of aryl methyl sites for hydroxylation is 1. The molecular weight excluding hydrogens is 436 g/mol. The molecule has 174 valence electrons. The normalized spacial score (nSPS) is 14.9. The number of benzene rings is 3. The minimum atomic E-state index is -3.42. The fourth-order valence-electron chi connectivity index (χ4n) is 4.16. The van der Waals surface area contributed by atoms with Gasteiger partial charge in [-0.25, -0.2) is 13.2 Å². The van der Waals surface area contributed by atoms with Crippen LogP contribution in [0.2, 0.25) is 0 Å². The highest BCUT2D eigenvalue weighted by Gasteiger charge is 2.26. The average Bonchev–Trinajstić information content (AvgIpc) is 2.82. The number of urea groups is 1. The van der Waals surface area contributed by atoms with E-state index in [4.69, 9.17) is 0 Å². The lowest BCUT2D eigenvalue weighted by Crippen LogP contribution is -2.50. The Bertz CT molecular complexity index is 1220. The van der Waals surface area contributed by atoms with Crippen LogP contribution in [0.5, 0.6) is 0 Å². The Hall–Kier alpha value is -3.10. The van der Waals surface area contributed by atoms with E-state index < -0.39 is 10.0 Å². The standard InChI is InChI=1S/C25H30N4O3S/c1-20-6-4-10-23(18-20)28-13-15-29(16-14-28)33(31,32)17-12-26-25(30)27-19-22-9-5-8-21-7-2-3-11-24(21)22/h2-11,18H,12-17,19H2,1H3,(H2,26,27,30). The lowest BCUT2D eigenvalue weighted by molar-refractivity contribution is 0.241. The summed E-state index contributed by atoms with van der Waals surface area (Å²) in [7, 11) is -3.42. The van der Waals surface area contributed by atoms with E-state index in [1.54, 1.807) is 0 Å². The summed E-state index contributed by atoms with van der Waals surface area (Å²) in [5.74, 6) is -0.112. The van der Waals surface area contributed by atoms with Gasteiger partial charge in [-0.3, -0.25) is 0 Å². The Morgan fingerprint density at radius 3 is 2.42 bits per heavy atom. The molecule has 1 saturated heterocycles. The van der Waals surface area contributed by atoms with Crippen LogP contribution in [0.3, 0.4) is 0 Å². The van der Waals surface area contributed by atoms with E-state index in [0.29, 0.717) is 32.7 Å². The minimum absolute atomic E-state index is 0.0712. The van der Waals surface area contributed by atoms with E-state index in [1.807, 2.05) is 48.5 Å². The van der Waals surface area contributed by atoms with E-state index in [-0.39, 0.29) is 18.3 Å². The van der Waals surface area contributed by atoms with Crippen LogP contribution in [-0.4, -0.2) is 57.2 Å². The second kappa shape index (κ2) is 10.2. The molecule has 1 aliphatic rings. The molecule has 0 saturated carbocycles. The fourth-order valence-corrected chi connectivity index (χ4v) is 5.49. The van der Waals surface area contributed by atoms with Crippen molar-refractivity contribution in [3.05, 3.63) is 77.9 Å². The smallest absolute Gasteiger partial charge is 0.315 e. The molecule has 0 aliphatic carbocycles. The van der Waals surface area contributed by atoms with Gasteiger partial charge < -0.3 is 15.5 Å². The molecule has 33 heavy (non-hydrogen) atoms. The third kappa shape index (κ3) is 5.83. The molecule has 3 aromatic carbocycles. The van der Waals surface area contributed by atoms with Gasteiger partial charge in [0.1, 0.15) is 0 Å². The topological polar surface area (TPSA) is 81.8 Å². The van der Waals surface area contributed by atoms with E-state index in [9.17, 15) is 13.2 Å². The number of sulfonamides is 1. The van der Waals surface area contributed by atoms with Crippen molar-refractivity contribution < 1.29 is 13.2 Å². The maximum atomic E-state index is 12.7. The Balaban J connectivity index is 1.22. The zero-order chi connectivity index (χ0) is 23.3. The molecule has 4 rings (SSSR count). The Labute approximate surface area is 195 Å². The van der Waals surface area contributed by atoms with Crippen molar-refractivity contribution >= 4 is 32.5 Å². The van der Waals surface area contributed by atoms with Gasteiger partial charge in [0.15, 0.2) is 0 Å². The number of fused-ring (bicyclic) bond motifs is 1. The van der Waals surface area contributed by atoms with Gasteiger partial charge in [0.2, 0.25) is 10.0 Å². The first-order valence-electron chi connectivity index (χ1n) is 11.2. The quantitative estimate of drug-likeness (QED) is 0.561. The van der Waals surface area contributed by atoms with Gasteiger partial charge in [0.05, 0.1) is 5.75 Å². The number of rotatable bonds is 7. The third-order valence-corrected chi connectivity index (χ3v) is 7.84. The summed E-state index contributed by atoms with van der Waals surface area (Å²) >= 11 is 0. The fraction of sp³-hybridized carbons (Fsp3) is 0.320. The molecule has 0 spiro atoms. The van der Waals surface area contributed by atoms with Gasteiger partial charge in [0, 0.05) is 45.0 Å². The van der Waals surface area contributed by atoms with Crippen molar-refractivity contribution in [1.82, 2.24) is 14.9 Å². The van der Waals surface area contributed by atoms with Crippen molar-refractivity contribution in [2.75, 3.05) is 43.4 Å². The highest BCUT2D eigenvalue weighted by atomic mass is 32.2. The van der Waals surface area contributed by atoms with Gasteiger partial charge in [-0.2, -0.15) is 4.31 Å². The van der Waals surface area contributed by atoms with E-state index in [0.717, 1.165) is 22.0 Å². The number of piperazine rings is 1. The maximum Gasteiger partial charge on any atom is 0.315 e. The molecule has 0 bridgehead atoms. The van der Waals surface area contributed by atoms with Crippen molar-refractivity contribution in [2.24, 2.45) is 0 Å². The summed E-state index contributed by atoms with van der Waals surface area (Å²) in [4.78, 5) is 14.4. The number of amides is 2. The Morgan fingerprint density at radius 1 is 0.909 bits per heavy atom. The molecule has 1 aliphatic heterocycles. The highest BCUT2D eigenvalue weighted by Crippen LogP contribution is 2.19. The van der Waals surface area contributed by atoms with Crippen LogP contribution < -0.4 is 15.5 Å². The molecule has 2 amide bonds. The number of anilines is 1. The molecule has 1 fully saturated rings. The molecule has 3 aromatic rings. The van der Waals surface area contributed by atoms with Crippen LogP contribution >= 0.6 is 0 Å². The monoisotopic (exact) mass is 466 g/mol. The van der Waals surface area contributed by atoms with E-state index in [2.05, 4.69) is 40.7 Å². The van der Waals surface area contributed by atoms with Gasteiger partial charge in [-0.05, 0) is 41.0 Å². The molecular formula is C25H30N4O3S. The molecule has 0 radical (unpaired) electrons. The molecule has 0 atom stereocenters. The summed E-state index contributed by atoms with van der Waals surface area (Å²) in [6, 6.07) is 21.8. The number of nitrogens with zero attached hydrogens (tertiary/aromatic N) is 2. The molecule has 1 heterocycles. The first kappa shape index (κ1) is 23.1. The Morgan fingerprint density at radius 2 is 1.64 bits per heavy atom. The molecule has 8 heteroatoms. The number of hydrogen-bond acceptors (Lipinski definition) is 4. The second-order valence-corrected chi connectivity index (χ2v) is 10.4. The van der Waals surface area contributed by atoms with Gasteiger partial charge in [-0.15, -0.1) is 0 Å². The van der Waals surface area contributed by atoms with E-state index >= 15 is 0 Å². The highest BCUT2D eigenvalue weighted by molar-refractivity contribution is 7.89. The van der Waals surface area contributed by atoms with Gasteiger partial charge in [-0.1, -0.05) is 54.6 Å². The van der Waals surface area contributed by atoms with Crippen molar-refractivity contribution in [3.63, 3.8) is 0 Å². The second-order valence-electron chi connectivity index (χ2n) is 8.29. The molecule has 0 aromatic heterocycles. The van der Waals surface area contributed by atoms with E-state index in [1.165, 1.54) is 9.87 Å². The summed E-state index contributed by atoms with van der Waals surface area (Å²) in [6.45, 7) is 4.70. The molecule has 2 N–H and O–H groups in total. The van der Waals surface area contributed by atoms with Crippen LogP contribution in [-0.2, 0) is 16.6 Å². The van der Waals surface area contributed by atoms with Crippen LogP contribution in [0.15, 0.2) is 66.7 Å². The maximum absolute atomic E-state index is 12.7. The van der Waals surface area contributed by atoms with Crippen molar-refractivity contribution in [3.8, 4) is 0 Å². The number of carbonyl (C=O) groups excluding carboxylic acids is 1. The first-order valence-corrected chi connectivity index (χ1v) is 12.8. The van der Waals surface area contributed by atoms with Crippen LogP contribution in [0.1, 0.15) is 11.1 Å². The number of hydrogen-bond donors (Lipinski definition) is 2. The van der Waals surface area contributed by atoms with Crippen molar-refractivity contribution in [1.29, 1.82) is 0 Å². The minimum Gasteiger partial charge on any atom is -0.369 e. The summed E-state index contributed by atoms with van der Waals surface area (Å²) < 4.78 is 27.0. The first-order chi connectivity index (χ1) is 15.9. The van der Waals surface area contributed by atoms with Crippen LogP contribution in [0, 0.1) is 6.92 Å². The van der Waals surface area contributed by atoms with Crippen molar-refractivity contribution in [2.45, 2.75) is 13.5 Å². The van der Waals surface area contributed by atoms with Gasteiger partial charge >= 0.3 is 6.03 Å². The third-order valence-electron chi connectivity index (χ3n) is 5.96.